The van der Waals surface area contributed by atoms with Gasteiger partial charge in [0.15, 0.2) is 17.3 Å². The molecule has 0 aromatic heterocycles. The molecule has 3 aliphatic carbocycles. The summed E-state index contributed by atoms with van der Waals surface area (Å²) in [6.07, 6.45) is -0.744. The normalized spacial score (nSPS) is 20.9. The number of carbonyl (C=O) groups is 4. The summed E-state index contributed by atoms with van der Waals surface area (Å²) in [5, 5.41) is 18.7. The average molecular weight is 487 g/mol. The first-order chi connectivity index (χ1) is 17.3. The Morgan fingerprint density at radius 2 is 1.00 bits per heavy atom. The smallest absolute Gasteiger partial charge is 0.303 e. The Hall–Kier alpha value is -3.94. The van der Waals surface area contributed by atoms with Gasteiger partial charge in [-0.25, -0.2) is 0 Å². The Morgan fingerprint density at radius 3 is 1.42 bits per heavy atom. The number of aliphatic hydroxyl groups is 2. The molecular weight excluding hydrogens is 460 g/mol. The summed E-state index contributed by atoms with van der Waals surface area (Å²) < 4.78 is 5.05. The number of Topliss-reactive ketones (excluding diaryl/α,β-unsaturated/α-hetero) is 3. The number of ether oxygens (including phenoxy) is 1. The molecule has 6 rings (SSSR count). The molecule has 0 saturated heterocycles. The third-order valence-electron chi connectivity index (χ3n) is 6.28. The highest BCUT2D eigenvalue weighted by Gasteiger charge is 2.31. The molecule has 0 bridgehead atoms. The molecule has 0 aliphatic heterocycles. The lowest BCUT2D eigenvalue weighted by Crippen LogP contribution is -2.05. The molecule has 3 aromatic carbocycles. The molecule has 3 aliphatic rings. The van der Waals surface area contributed by atoms with Crippen LogP contribution >= 0.6 is 0 Å². The standard InChI is InChI=1S/C11H10O3.2C9H8O2/c1-7(12)14-11-6-10(13)8-4-2-3-5-9(8)11;2*10-8-5-9(11)7-4-2-1-3-6(7)8/h2-5,11H,6H2,1H3;2*1-4,8,10H,5H2/t11-;8-;/m10./s1. The van der Waals surface area contributed by atoms with Gasteiger partial charge in [0.05, 0.1) is 18.6 Å². The molecule has 2 N–H and O–H groups in total. The van der Waals surface area contributed by atoms with Gasteiger partial charge in [-0.15, -0.1) is 0 Å². The van der Waals surface area contributed by atoms with E-state index < -0.39 is 12.2 Å². The van der Waals surface area contributed by atoms with E-state index in [0.717, 1.165) is 16.7 Å². The number of carbonyl (C=O) groups excluding carboxylic acids is 4. The molecule has 7 nitrogen and oxygen atoms in total. The highest BCUT2D eigenvalue weighted by atomic mass is 16.5. The number of rotatable bonds is 1. The van der Waals surface area contributed by atoms with Crippen molar-refractivity contribution in [3.63, 3.8) is 0 Å². The first-order valence-electron chi connectivity index (χ1n) is 11.7. The molecule has 0 spiro atoms. The Morgan fingerprint density at radius 1 is 0.639 bits per heavy atom. The zero-order chi connectivity index (χ0) is 25.8. The Balaban J connectivity index is 0.000000128. The predicted molar refractivity (Wildman–Crippen MR) is 131 cm³/mol. The van der Waals surface area contributed by atoms with Crippen molar-refractivity contribution in [2.24, 2.45) is 0 Å². The first kappa shape index (κ1) is 25.2. The summed E-state index contributed by atoms with van der Waals surface area (Å²) in [4.78, 5) is 44.5. The van der Waals surface area contributed by atoms with Crippen LogP contribution in [0.25, 0.3) is 0 Å². The van der Waals surface area contributed by atoms with Gasteiger partial charge >= 0.3 is 5.97 Å². The van der Waals surface area contributed by atoms with Crippen molar-refractivity contribution in [1.29, 1.82) is 0 Å². The van der Waals surface area contributed by atoms with Crippen molar-refractivity contribution >= 4 is 23.3 Å². The van der Waals surface area contributed by atoms with Gasteiger partial charge in [-0.05, 0) is 11.1 Å². The summed E-state index contributed by atoms with van der Waals surface area (Å²) in [5.74, 6) is -0.201. The minimum Gasteiger partial charge on any atom is -0.457 e. The van der Waals surface area contributed by atoms with Crippen LogP contribution in [-0.2, 0) is 9.53 Å². The molecule has 0 heterocycles. The molecule has 1 unspecified atom stereocenters. The molecular formula is C29H26O7. The second kappa shape index (κ2) is 10.8. The second-order valence-electron chi connectivity index (χ2n) is 8.77. The molecule has 3 aromatic rings. The number of fused-ring (bicyclic) bond motifs is 3. The van der Waals surface area contributed by atoms with E-state index in [9.17, 15) is 29.4 Å². The van der Waals surface area contributed by atoms with Crippen LogP contribution in [0.4, 0.5) is 0 Å². The zero-order valence-electron chi connectivity index (χ0n) is 19.7. The topological polar surface area (TPSA) is 118 Å². The fourth-order valence-corrected chi connectivity index (χ4v) is 4.60. The van der Waals surface area contributed by atoms with Crippen molar-refractivity contribution < 1.29 is 34.1 Å². The van der Waals surface area contributed by atoms with Crippen molar-refractivity contribution in [2.45, 2.75) is 44.5 Å². The summed E-state index contributed by atoms with van der Waals surface area (Å²) in [6.45, 7) is 1.35. The summed E-state index contributed by atoms with van der Waals surface area (Å²) in [5.41, 5.74) is 4.42. The van der Waals surface area contributed by atoms with Crippen LogP contribution in [0.1, 0.15) is 92.3 Å². The van der Waals surface area contributed by atoms with Crippen molar-refractivity contribution in [3.8, 4) is 0 Å². The maximum atomic E-state index is 11.5. The van der Waals surface area contributed by atoms with Gasteiger partial charge in [-0.3, -0.25) is 19.2 Å². The maximum absolute atomic E-state index is 11.5. The highest BCUT2D eigenvalue weighted by Crippen LogP contribution is 2.34. The SMILES string of the molecule is CC(=O)O[C@@H]1CC(=O)c2ccccc21.O=C1CC(O)c2ccccc21.O=C1C[C@H](O)c2ccccc21. The molecule has 3 atom stereocenters. The van der Waals surface area contributed by atoms with Gasteiger partial charge in [0.1, 0.15) is 6.10 Å². The van der Waals surface area contributed by atoms with Crippen LogP contribution in [-0.4, -0.2) is 33.5 Å². The lowest BCUT2D eigenvalue weighted by Gasteiger charge is -2.09. The van der Waals surface area contributed by atoms with Crippen LogP contribution in [0.5, 0.6) is 0 Å². The monoisotopic (exact) mass is 486 g/mol. The molecule has 0 fully saturated rings. The van der Waals surface area contributed by atoms with Gasteiger partial charge in [0, 0.05) is 42.0 Å². The van der Waals surface area contributed by atoms with Crippen LogP contribution in [0, 0.1) is 0 Å². The van der Waals surface area contributed by atoms with Gasteiger partial charge in [-0.1, -0.05) is 72.8 Å². The van der Waals surface area contributed by atoms with Crippen molar-refractivity contribution in [3.05, 3.63) is 106 Å². The summed E-state index contributed by atoms with van der Waals surface area (Å²) in [7, 11) is 0. The minimum absolute atomic E-state index is 0.0480. The number of benzene rings is 3. The van der Waals surface area contributed by atoms with Crippen molar-refractivity contribution in [2.75, 3.05) is 0 Å². The first-order valence-corrected chi connectivity index (χ1v) is 11.7. The van der Waals surface area contributed by atoms with Crippen LogP contribution in [0.3, 0.4) is 0 Å². The Labute approximate surface area is 208 Å². The number of aliphatic hydroxyl groups excluding tert-OH is 2. The van der Waals surface area contributed by atoms with Crippen LogP contribution in [0.15, 0.2) is 72.8 Å². The number of esters is 1. The average Bonchev–Trinajstić information content (AvgIpc) is 3.46. The fraction of sp³-hybridized carbons (Fsp3) is 0.241. The molecule has 36 heavy (non-hydrogen) atoms. The van der Waals surface area contributed by atoms with Crippen LogP contribution in [0.2, 0.25) is 0 Å². The lowest BCUT2D eigenvalue weighted by molar-refractivity contribution is -0.146. The molecule has 184 valence electrons. The minimum atomic E-state index is -0.571. The van der Waals surface area contributed by atoms with E-state index in [2.05, 4.69) is 0 Å². The molecule has 7 heteroatoms. The van der Waals surface area contributed by atoms with E-state index in [1.807, 2.05) is 42.5 Å². The van der Waals surface area contributed by atoms with E-state index in [-0.39, 0.29) is 48.7 Å². The van der Waals surface area contributed by atoms with Gasteiger partial charge in [-0.2, -0.15) is 0 Å². The maximum Gasteiger partial charge on any atom is 0.303 e. The zero-order valence-corrected chi connectivity index (χ0v) is 19.7. The lowest BCUT2D eigenvalue weighted by atomic mass is 10.1. The molecule has 0 saturated carbocycles. The Kier molecular flexibility index (Phi) is 7.52. The van der Waals surface area contributed by atoms with E-state index in [1.165, 1.54) is 6.92 Å². The van der Waals surface area contributed by atoms with E-state index in [0.29, 0.717) is 16.7 Å². The summed E-state index contributed by atoms with van der Waals surface area (Å²) in [6, 6.07) is 21.7. The Bertz CT molecular complexity index is 1260. The molecule has 0 amide bonds. The fourth-order valence-electron chi connectivity index (χ4n) is 4.60. The van der Waals surface area contributed by atoms with E-state index in [1.54, 1.807) is 30.3 Å². The summed E-state index contributed by atoms with van der Waals surface area (Å²) >= 11 is 0. The third kappa shape index (κ3) is 5.32. The van der Waals surface area contributed by atoms with Gasteiger partial charge in [0.2, 0.25) is 0 Å². The van der Waals surface area contributed by atoms with Gasteiger partial charge in [0.25, 0.3) is 0 Å². The van der Waals surface area contributed by atoms with Gasteiger partial charge < -0.3 is 14.9 Å². The highest BCUT2D eigenvalue weighted by molar-refractivity contribution is 6.02. The quantitative estimate of drug-likeness (QED) is 0.487. The van der Waals surface area contributed by atoms with Crippen LogP contribution < -0.4 is 0 Å². The molecule has 0 radical (unpaired) electrons. The predicted octanol–water partition coefficient (Wildman–Crippen LogP) is 4.49. The second-order valence-corrected chi connectivity index (χ2v) is 8.77. The third-order valence-corrected chi connectivity index (χ3v) is 6.28. The number of ketones is 3. The number of hydrogen-bond donors (Lipinski definition) is 2. The van der Waals surface area contributed by atoms with Crippen molar-refractivity contribution in [1.82, 2.24) is 0 Å². The largest absolute Gasteiger partial charge is 0.457 e. The number of hydrogen-bond acceptors (Lipinski definition) is 7. The van der Waals surface area contributed by atoms with E-state index in [4.69, 9.17) is 4.74 Å². The van der Waals surface area contributed by atoms with E-state index >= 15 is 0 Å².